The Morgan fingerprint density at radius 2 is 1.81 bits per heavy atom. The molecule has 3 heterocycles. The predicted octanol–water partition coefficient (Wildman–Crippen LogP) is 2.78. The van der Waals surface area contributed by atoms with Crippen molar-refractivity contribution >= 4 is 16.9 Å². The van der Waals surface area contributed by atoms with Gasteiger partial charge in [0, 0.05) is 50.6 Å². The van der Waals surface area contributed by atoms with Gasteiger partial charge in [0.2, 0.25) is 0 Å². The van der Waals surface area contributed by atoms with E-state index >= 15 is 0 Å². The van der Waals surface area contributed by atoms with Gasteiger partial charge in [-0.25, -0.2) is 4.98 Å². The van der Waals surface area contributed by atoms with Gasteiger partial charge in [-0.15, -0.1) is 0 Å². The number of fused-ring (bicyclic) bond motifs is 1. The van der Waals surface area contributed by atoms with E-state index in [2.05, 4.69) is 10.2 Å². The van der Waals surface area contributed by atoms with Crippen LogP contribution in [-0.4, -0.2) is 42.4 Å². The molecule has 1 aliphatic carbocycles. The zero-order valence-electron chi connectivity index (χ0n) is 16.9. The molecule has 27 heavy (non-hydrogen) atoms. The van der Waals surface area contributed by atoms with Gasteiger partial charge in [0.05, 0.1) is 22.3 Å². The molecule has 1 fully saturated rings. The number of pyridine rings is 1. The number of hydrogen-bond donors (Lipinski definition) is 0. The Bertz CT molecular complexity index is 1060. The third-order valence-corrected chi connectivity index (χ3v) is 5.62. The fraction of sp³-hybridized carbons (Fsp3) is 0.500. The molecule has 4 rings (SSSR count). The summed E-state index contributed by atoms with van der Waals surface area (Å²) < 4.78 is 3.65. The topological polar surface area (TPSA) is 68.8 Å². The zero-order valence-corrected chi connectivity index (χ0v) is 16.9. The molecule has 0 atom stereocenters. The normalized spacial score (nSPS) is 14.1. The Labute approximate surface area is 159 Å². The maximum atomic E-state index is 13.4. The third kappa shape index (κ3) is 2.91. The lowest BCUT2D eigenvalue weighted by Gasteiger charge is -2.19. The first-order valence-corrected chi connectivity index (χ1v) is 9.36. The quantitative estimate of drug-likeness (QED) is 0.712. The van der Waals surface area contributed by atoms with E-state index in [0.717, 1.165) is 52.2 Å². The van der Waals surface area contributed by atoms with Crippen molar-refractivity contribution in [1.82, 2.24) is 29.4 Å². The van der Waals surface area contributed by atoms with Crippen molar-refractivity contribution in [1.29, 1.82) is 0 Å². The average Bonchev–Trinajstić information content (AvgIpc) is 3.40. The highest BCUT2D eigenvalue weighted by molar-refractivity contribution is 6.06. The summed E-state index contributed by atoms with van der Waals surface area (Å²) in [5, 5.41) is 9.82. The molecule has 1 saturated carbocycles. The van der Waals surface area contributed by atoms with E-state index < -0.39 is 0 Å². The van der Waals surface area contributed by atoms with Gasteiger partial charge in [0.15, 0.2) is 5.65 Å². The number of rotatable bonds is 4. The van der Waals surface area contributed by atoms with Crippen molar-refractivity contribution in [3.8, 4) is 0 Å². The molecule has 0 aromatic carbocycles. The van der Waals surface area contributed by atoms with Crippen LogP contribution in [0.1, 0.15) is 57.5 Å². The zero-order chi connectivity index (χ0) is 19.5. The minimum Gasteiger partial charge on any atom is -0.337 e. The predicted molar refractivity (Wildman–Crippen MR) is 104 cm³/mol. The fourth-order valence-corrected chi connectivity index (χ4v) is 3.78. The van der Waals surface area contributed by atoms with Gasteiger partial charge in [-0.05, 0) is 39.7 Å². The molecule has 0 radical (unpaired) electrons. The van der Waals surface area contributed by atoms with Gasteiger partial charge in [0.25, 0.3) is 5.91 Å². The van der Waals surface area contributed by atoms with Crippen LogP contribution in [0, 0.1) is 20.8 Å². The average molecular weight is 366 g/mol. The van der Waals surface area contributed by atoms with E-state index in [1.807, 2.05) is 52.7 Å². The second kappa shape index (κ2) is 6.18. The maximum absolute atomic E-state index is 13.4. The van der Waals surface area contributed by atoms with E-state index in [0.29, 0.717) is 18.0 Å². The lowest BCUT2D eigenvalue weighted by atomic mass is 10.1. The molecule has 0 spiro atoms. The highest BCUT2D eigenvalue weighted by atomic mass is 16.2. The van der Waals surface area contributed by atoms with Gasteiger partial charge in [0.1, 0.15) is 0 Å². The number of carbonyl (C=O) groups excluding carboxylic acids is 1. The molecule has 1 aliphatic rings. The highest BCUT2D eigenvalue weighted by Crippen LogP contribution is 2.40. The Morgan fingerprint density at radius 1 is 1.15 bits per heavy atom. The molecule has 0 unspecified atom stereocenters. The van der Waals surface area contributed by atoms with E-state index in [-0.39, 0.29) is 5.91 Å². The van der Waals surface area contributed by atoms with Gasteiger partial charge < -0.3 is 4.90 Å². The van der Waals surface area contributed by atoms with Gasteiger partial charge >= 0.3 is 0 Å². The number of nitrogens with zero attached hydrogens (tertiary/aromatic N) is 6. The van der Waals surface area contributed by atoms with Gasteiger partial charge in [-0.3, -0.25) is 14.2 Å². The molecule has 7 nitrogen and oxygen atoms in total. The van der Waals surface area contributed by atoms with Crippen LogP contribution in [-0.2, 0) is 20.6 Å². The summed E-state index contributed by atoms with van der Waals surface area (Å²) in [6.07, 6.45) is 2.29. The molecule has 1 amide bonds. The molecular formula is C20H26N6O. The summed E-state index contributed by atoms with van der Waals surface area (Å²) in [6, 6.07) is 1.98. The van der Waals surface area contributed by atoms with Crippen LogP contribution in [0.25, 0.3) is 11.0 Å². The summed E-state index contributed by atoms with van der Waals surface area (Å²) in [5.74, 6) is 0.479. The monoisotopic (exact) mass is 366 g/mol. The number of hydrogen-bond acceptors (Lipinski definition) is 4. The summed E-state index contributed by atoms with van der Waals surface area (Å²) in [6.45, 7) is 6.50. The van der Waals surface area contributed by atoms with Gasteiger partial charge in [-0.1, -0.05) is 0 Å². The first kappa shape index (κ1) is 17.7. The Kier molecular flexibility index (Phi) is 4.05. The van der Waals surface area contributed by atoms with E-state index in [1.54, 1.807) is 9.58 Å². The van der Waals surface area contributed by atoms with Crippen LogP contribution in [0.3, 0.4) is 0 Å². The molecule has 0 bridgehead atoms. The summed E-state index contributed by atoms with van der Waals surface area (Å²) in [4.78, 5) is 19.9. The van der Waals surface area contributed by atoms with E-state index in [1.165, 1.54) is 0 Å². The first-order chi connectivity index (χ1) is 12.8. The van der Waals surface area contributed by atoms with Gasteiger partial charge in [-0.2, -0.15) is 10.2 Å². The maximum Gasteiger partial charge on any atom is 0.254 e. The largest absolute Gasteiger partial charge is 0.337 e. The smallest absolute Gasteiger partial charge is 0.254 e. The van der Waals surface area contributed by atoms with E-state index in [9.17, 15) is 4.79 Å². The molecule has 0 N–H and O–H groups in total. The number of aromatic nitrogens is 5. The van der Waals surface area contributed by atoms with Crippen molar-refractivity contribution in [2.75, 3.05) is 7.05 Å². The minimum atomic E-state index is 0.00283. The summed E-state index contributed by atoms with van der Waals surface area (Å²) >= 11 is 0. The number of aryl methyl sites for hydroxylation is 4. The van der Waals surface area contributed by atoms with Crippen LogP contribution < -0.4 is 0 Å². The lowest BCUT2D eigenvalue weighted by Crippen LogP contribution is -2.27. The van der Waals surface area contributed by atoms with Crippen LogP contribution in [0.2, 0.25) is 0 Å². The summed E-state index contributed by atoms with van der Waals surface area (Å²) in [7, 11) is 5.67. The van der Waals surface area contributed by atoms with E-state index in [4.69, 9.17) is 4.98 Å². The molecule has 142 valence electrons. The second-order valence-electron chi connectivity index (χ2n) is 7.71. The standard InChI is InChI=1S/C20H26N6O/c1-11-16(13(3)25(5)22-11)10-24(4)20(27)15-9-17(14-7-8-14)21-19-18(15)12(2)23-26(19)6/h9,14H,7-8,10H2,1-6H3. The number of amides is 1. The SMILES string of the molecule is Cc1nn(C)c(C)c1CN(C)C(=O)c1cc(C2CC2)nc2c1c(C)nn2C. The molecule has 3 aromatic rings. The number of carbonyl (C=O) groups is 1. The third-order valence-electron chi connectivity index (χ3n) is 5.62. The first-order valence-electron chi connectivity index (χ1n) is 9.36. The Morgan fingerprint density at radius 3 is 2.41 bits per heavy atom. The van der Waals surface area contributed by atoms with Crippen molar-refractivity contribution in [3.05, 3.63) is 40.0 Å². The summed E-state index contributed by atoms with van der Waals surface area (Å²) in [5.41, 5.74) is 6.50. The van der Waals surface area contributed by atoms with Crippen molar-refractivity contribution in [2.45, 2.75) is 46.1 Å². The van der Waals surface area contributed by atoms with Crippen LogP contribution in [0.4, 0.5) is 0 Å². The molecule has 7 heteroatoms. The van der Waals surface area contributed by atoms with Crippen LogP contribution in [0.15, 0.2) is 6.07 Å². The second-order valence-corrected chi connectivity index (χ2v) is 7.71. The van der Waals surface area contributed by atoms with Crippen molar-refractivity contribution in [2.24, 2.45) is 14.1 Å². The van der Waals surface area contributed by atoms with Crippen LogP contribution in [0.5, 0.6) is 0 Å². The van der Waals surface area contributed by atoms with Crippen LogP contribution >= 0.6 is 0 Å². The lowest BCUT2D eigenvalue weighted by molar-refractivity contribution is 0.0786. The highest BCUT2D eigenvalue weighted by Gasteiger charge is 2.29. The molecule has 0 saturated heterocycles. The van der Waals surface area contributed by atoms with Crippen molar-refractivity contribution in [3.63, 3.8) is 0 Å². The molecule has 3 aromatic heterocycles. The van der Waals surface area contributed by atoms with Crippen molar-refractivity contribution < 1.29 is 4.79 Å². The fourth-order valence-electron chi connectivity index (χ4n) is 3.78. The molecule has 0 aliphatic heterocycles. The minimum absolute atomic E-state index is 0.00283. The molecular weight excluding hydrogens is 340 g/mol. The Balaban J connectivity index is 1.75. The Hall–Kier alpha value is -2.70.